The van der Waals surface area contributed by atoms with Crippen LogP contribution in [0, 0.1) is 34.0 Å². The van der Waals surface area contributed by atoms with Crippen molar-refractivity contribution in [2.45, 2.75) is 71.5 Å². The van der Waals surface area contributed by atoms with Crippen LogP contribution in [-0.4, -0.2) is 64.4 Å². The van der Waals surface area contributed by atoms with Crippen LogP contribution in [0.15, 0.2) is 36.0 Å². The Morgan fingerprint density at radius 2 is 2.05 bits per heavy atom. The Morgan fingerprint density at radius 3 is 2.74 bits per heavy atom. The number of nitrogens with zero attached hydrogens (tertiary/aromatic N) is 2. The van der Waals surface area contributed by atoms with Gasteiger partial charge in [-0.2, -0.15) is 5.10 Å². The second-order valence-electron chi connectivity index (χ2n) is 12.7. The van der Waals surface area contributed by atoms with Crippen LogP contribution in [-0.2, 0) is 9.59 Å². The summed E-state index contributed by atoms with van der Waals surface area (Å²) in [5, 5.41) is 36.9. The highest BCUT2D eigenvalue weighted by molar-refractivity contribution is 6.65. The maximum absolute atomic E-state index is 13.6. The van der Waals surface area contributed by atoms with Gasteiger partial charge in [-0.25, -0.2) is 4.79 Å². The summed E-state index contributed by atoms with van der Waals surface area (Å²) < 4.78 is 6.32. The van der Waals surface area contributed by atoms with E-state index in [1.807, 2.05) is 6.92 Å². The van der Waals surface area contributed by atoms with Crippen molar-refractivity contribution in [3.8, 4) is 5.75 Å². The highest BCUT2D eigenvalue weighted by atomic mass is 16.5. The van der Waals surface area contributed by atoms with Gasteiger partial charge in [0.05, 0.1) is 12.3 Å². The fourth-order valence-electron chi connectivity index (χ4n) is 8.22. The van der Waals surface area contributed by atoms with Crippen LogP contribution in [0.4, 0.5) is 0 Å². The number of aliphatic hydroxyl groups excluding tert-OH is 1. The van der Waals surface area contributed by atoms with Crippen molar-refractivity contribution in [3.05, 3.63) is 36.4 Å². The summed E-state index contributed by atoms with van der Waals surface area (Å²) in [6.45, 7) is 10.2. The van der Waals surface area contributed by atoms with Crippen LogP contribution < -0.4 is 10.2 Å². The predicted octanol–water partition coefficient (Wildman–Crippen LogP) is 2.85. The number of aliphatic hydroxyl groups is 1. The molecule has 1 unspecified atom stereocenters. The van der Waals surface area contributed by atoms with Gasteiger partial charge in [0.15, 0.2) is 6.10 Å². The number of ether oxygens (including phenoxy) is 1. The topological polar surface area (TPSA) is 120 Å². The van der Waals surface area contributed by atoms with Crippen molar-refractivity contribution in [2.24, 2.45) is 39.1 Å². The van der Waals surface area contributed by atoms with Crippen molar-refractivity contribution in [1.29, 1.82) is 0 Å². The molecule has 3 saturated carbocycles. The predicted molar refractivity (Wildman–Crippen MR) is 145 cm³/mol. The highest BCUT2D eigenvalue weighted by Gasteiger charge is 2.67. The van der Waals surface area contributed by atoms with Gasteiger partial charge in [0.1, 0.15) is 11.5 Å². The third kappa shape index (κ3) is 3.92. The summed E-state index contributed by atoms with van der Waals surface area (Å²) in [5.41, 5.74) is -0.411. The van der Waals surface area contributed by atoms with E-state index in [1.165, 1.54) is 4.92 Å². The molecule has 3 fully saturated rings. The van der Waals surface area contributed by atoms with Gasteiger partial charge in [-0.05, 0) is 72.0 Å². The monoisotopic (exact) mass is 522 g/mol. The molecule has 0 amide bonds. The summed E-state index contributed by atoms with van der Waals surface area (Å²) >= 11 is 0. The van der Waals surface area contributed by atoms with E-state index < -0.39 is 42.0 Å². The molecule has 8 atom stereocenters. The minimum absolute atomic E-state index is 0.0950. The van der Waals surface area contributed by atoms with Crippen LogP contribution in [0.3, 0.4) is 0 Å². The lowest BCUT2D eigenvalue weighted by molar-refractivity contribution is -0.180. The van der Waals surface area contributed by atoms with Gasteiger partial charge in [0, 0.05) is 30.7 Å². The van der Waals surface area contributed by atoms with E-state index in [-0.39, 0.29) is 23.0 Å². The molecule has 8 nitrogen and oxygen atoms in total. The van der Waals surface area contributed by atoms with Gasteiger partial charge in [-0.3, -0.25) is 4.79 Å². The molecule has 0 aromatic heterocycles. The standard InChI is InChI=1S/C29H39BN2O6/c1-6-27(3)14-20(28(4)17(2)9-11-29(15-23(27)34)12-10-22(33)25(28)29)24(26(35)36)38-19-8-7-18-16-31-32(5)30(37)21(18)13-19/h6-8,13,16-17,20,23-25,34,37H,1,9-12,14-15H2,2-5H3,(H,35,36)/t17-,20+,23+,24?,25+,27-,28-,29+/m1/s1. The number of ketones is 1. The number of hydrogen-bond acceptors (Lipinski definition) is 7. The van der Waals surface area contributed by atoms with Crippen molar-refractivity contribution in [1.82, 2.24) is 4.92 Å². The van der Waals surface area contributed by atoms with Crippen LogP contribution in [0.25, 0.3) is 0 Å². The second-order valence-corrected chi connectivity index (χ2v) is 12.7. The van der Waals surface area contributed by atoms with Crippen molar-refractivity contribution >= 4 is 30.5 Å². The zero-order chi connectivity index (χ0) is 27.6. The van der Waals surface area contributed by atoms with Gasteiger partial charge in [0.25, 0.3) is 0 Å². The lowest BCUT2D eigenvalue weighted by atomic mass is 9.43. The molecule has 0 spiro atoms. The first-order valence-electron chi connectivity index (χ1n) is 13.7. The largest absolute Gasteiger partial charge is 0.478 e. The second kappa shape index (κ2) is 9.23. The van der Waals surface area contributed by atoms with Crippen LogP contribution >= 0.6 is 0 Å². The molecule has 3 N–H and O–H groups in total. The third-order valence-electron chi connectivity index (χ3n) is 10.8. The molecule has 1 heterocycles. The van der Waals surface area contributed by atoms with E-state index >= 15 is 0 Å². The number of carbonyl (C=O) groups is 2. The maximum Gasteiger partial charge on any atom is 0.466 e. The van der Waals surface area contributed by atoms with E-state index in [2.05, 4.69) is 25.5 Å². The molecule has 1 aromatic carbocycles. The van der Waals surface area contributed by atoms with Gasteiger partial charge in [-0.1, -0.05) is 32.9 Å². The number of fused-ring (bicyclic) bond motifs is 1. The Kier molecular flexibility index (Phi) is 6.54. The average molecular weight is 522 g/mol. The molecule has 1 aliphatic heterocycles. The minimum Gasteiger partial charge on any atom is -0.478 e. The first-order chi connectivity index (χ1) is 17.9. The number of Topliss-reactive ketones (excluding diaryl/α,β-unsaturated/α-hetero) is 1. The number of hydrogen-bond donors (Lipinski definition) is 3. The highest BCUT2D eigenvalue weighted by Crippen LogP contribution is 2.68. The Labute approximate surface area is 224 Å². The van der Waals surface area contributed by atoms with Gasteiger partial charge in [0.2, 0.25) is 0 Å². The third-order valence-corrected chi connectivity index (χ3v) is 10.8. The lowest BCUT2D eigenvalue weighted by Crippen LogP contribution is -2.61. The van der Waals surface area contributed by atoms with E-state index in [0.717, 1.165) is 24.8 Å². The summed E-state index contributed by atoms with van der Waals surface area (Å²) in [6, 6.07) is 5.12. The molecule has 1 aromatic rings. The van der Waals surface area contributed by atoms with Crippen molar-refractivity contribution < 1.29 is 29.6 Å². The number of carboxylic acid groups (broad SMARTS) is 1. The van der Waals surface area contributed by atoms with E-state index in [9.17, 15) is 24.8 Å². The van der Waals surface area contributed by atoms with Crippen LogP contribution in [0.5, 0.6) is 5.75 Å². The summed E-state index contributed by atoms with van der Waals surface area (Å²) in [7, 11) is 0.680. The summed E-state index contributed by atoms with van der Waals surface area (Å²) in [5.74, 6) is -1.39. The average Bonchev–Trinajstić information content (AvgIpc) is 3.22. The fourth-order valence-corrected chi connectivity index (χ4v) is 8.22. The van der Waals surface area contributed by atoms with Crippen LogP contribution in [0.1, 0.15) is 64.9 Å². The molecule has 204 valence electrons. The first-order valence-corrected chi connectivity index (χ1v) is 13.7. The molecular formula is C29H39BN2O6. The van der Waals surface area contributed by atoms with E-state index in [1.54, 1.807) is 37.5 Å². The van der Waals surface area contributed by atoms with Gasteiger partial charge in [-0.15, -0.1) is 6.58 Å². The number of benzene rings is 1. The molecule has 4 aliphatic rings. The summed E-state index contributed by atoms with van der Waals surface area (Å²) in [6.07, 6.45) is 5.17. The van der Waals surface area contributed by atoms with Crippen LogP contribution in [0.2, 0.25) is 0 Å². The Hall–Kier alpha value is -2.65. The number of rotatable bonds is 5. The molecule has 38 heavy (non-hydrogen) atoms. The smallest absolute Gasteiger partial charge is 0.466 e. The number of hydrazone groups is 1. The zero-order valence-corrected chi connectivity index (χ0v) is 22.8. The molecule has 0 radical (unpaired) electrons. The maximum atomic E-state index is 13.6. The Morgan fingerprint density at radius 1 is 1.32 bits per heavy atom. The van der Waals surface area contributed by atoms with Crippen molar-refractivity contribution in [3.63, 3.8) is 0 Å². The first kappa shape index (κ1) is 26.9. The zero-order valence-electron chi connectivity index (χ0n) is 22.8. The molecule has 2 bridgehead atoms. The Balaban J connectivity index is 1.62. The SMILES string of the molecule is C=C[C@]1(C)C[C@@H](C(Oc2ccc3c(c2)B(O)N(C)N=C3)C(=O)O)[C@@]2(C)[C@H](C)CC[C@]3(CCC(=O)[C@H]32)C[C@@H]1O. The van der Waals surface area contributed by atoms with Gasteiger partial charge >= 0.3 is 13.0 Å². The molecule has 5 rings (SSSR count). The van der Waals surface area contributed by atoms with E-state index in [0.29, 0.717) is 30.5 Å². The Bertz CT molecular complexity index is 1190. The fraction of sp³-hybridized carbons (Fsp3) is 0.621. The molecule has 9 heteroatoms. The lowest BCUT2D eigenvalue weighted by Gasteiger charge is -2.61. The van der Waals surface area contributed by atoms with Crippen molar-refractivity contribution in [2.75, 3.05) is 7.05 Å². The quantitative estimate of drug-likeness (QED) is 0.402. The molecule has 0 saturated heterocycles. The number of carbonyl (C=O) groups excluding carboxylic acids is 1. The number of aliphatic carboxylic acids is 1. The molecule has 3 aliphatic carbocycles. The molecular weight excluding hydrogens is 483 g/mol. The normalized spacial score (nSPS) is 39.1. The van der Waals surface area contributed by atoms with Gasteiger partial charge < -0.3 is 24.9 Å². The minimum atomic E-state index is -1.26. The van der Waals surface area contributed by atoms with E-state index in [4.69, 9.17) is 4.74 Å². The number of carboxylic acids is 1. The summed E-state index contributed by atoms with van der Waals surface area (Å²) in [4.78, 5) is 28.0.